The van der Waals surface area contributed by atoms with Gasteiger partial charge in [0, 0.05) is 12.1 Å². The highest BCUT2D eigenvalue weighted by atomic mass is 32.2. The highest BCUT2D eigenvalue weighted by Gasteiger charge is 2.32. The van der Waals surface area contributed by atoms with Crippen molar-refractivity contribution in [2.45, 2.75) is 11.7 Å². The van der Waals surface area contributed by atoms with Crippen molar-refractivity contribution in [2.24, 2.45) is 10.2 Å². The molecule has 1 aliphatic rings. The van der Waals surface area contributed by atoms with Crippen LogP contribution in [0.1, 0.15) is 12.0 Å². The normalized spacial score (nSPS) is 18.3. The maximum absolute atomic E-state index is 12.9. The molecule has 8 heteroatoms. The van der Waals surface area contributed by atoms with E-state index < -0.39 is 5.25 Å². The van der Waals surface area contributed by atoms with Crippen molar-refractivity contribution in [3.05, 3.63) is 66.0 Å². The van der Waals surface area contributed by atoms with E-state index >= 15 is 0 Å². The van der Waals surface area contributed by atoms with Gasteiger partial charge in [-0.1, -0.05) is 42.1 Å². The summed E-state index contributed by atoms with van der Waals surface area (Å²) in [6, 6.07) is 14.9. The van der Waals surface area contributed by atoms with Crippen molar-refractivity contribution in [2.75, 3.05) is 5.32 Å². The van der Waals surface area contributed by atoms with Crippen molar-refractivity contribution in [1.29, 1.82) is 0 Å². The zero-order valence-electron chi connectivity index (χ0n) is 13.6. The van der Waals surface area contributed by atoms with Gasteiger partial charge in [0.25, 0.3) is 0 Å². The molecule has 0 saturated carbocycles. The molecule has 3 rings (SSSR count). The fourth-order valence-electron chi connectivity index (χ4n) is 2.19. The Morgan fingerprint density at radius 1 is 1.19 bits per heavy atom. The molecule has 1 atom stereocenters. The van der Waals surface area contributed by atoms with Crippen LogP contribution in [0, 0.1) is 5.82 Å². The Hall–Kier alpha value is -3.00. The molecule has 0 spiro atoms. The predicted molar refractivity (Wildman–Crippen MR) is 101 cm³/mol. The Morgan fingerprint density at radius 2 is 1.92 bits per heavy atom. The van der Waals surface area contributed by atoms with E-state index in [-0.39, 0.29) is 24.1 Å². The molecule has 0 bridgehead atoms. The monoisotopic (exact) mass is 370 g/mol. The van der Waals surface area contributed by atoms with Crippen LogP contribution in [0.3, 0.4) is 0 Å². The second-order valence-electron chi connectivity index (χ2n) is 5.42. The molecule has 26 heavy (non-hydrogen) atoms. The number of anilines is 1. The molecule has 1 heterocycles. The van der Waals surface area contributed by atoms with Crippen molar-refractivity contribution in [3.8, 4) is 0 Å². The number of hydrogen-bond donors (Lipinski definition) is 2. The van der Waals surface area contributed by atoms with Gasteiger partial charge < -0.3 is 10.6 Å². The third-order valence-electron chi connectivity index (χ3n) is 3.43. The number of amides is 2. The maximum Gasteiger partial charge on any atom is 0.240 e. The summed E-state index contributed by atoms with van der Waals surface area (Å²) in [5.41, 5.74) is 1.36. The third-order valence-corrected chi connectivity index (χ3v) is 4.50. The number of benzene rings is 2. The van der Waals surface area contributed by atoms with E-state index in [1.807, 2.05) is 30.3 Å². The van der Waals surface area contributed by atoms with Crippen molar-refractivity contribution < 1.29 is 14.0 Å². The Balaban J connectivity index is 1.54. The second-order valence-corrected chi connectivity index (χ2v) is 6.61. The molecule has 2 amide bonds. The lowest BCUT2D eigenvalue weighted by Crippen LogP contribution is -2.28. The largest absolute Gasteiger partial charge is 0.326 e. The number of hydrogen-bond acceptors (Lipinski definition) is 5. The van der Waals surface area contributed by atoms with Gasteiger partial charge in [-0.3, -0.25) is 9.59 Å². The van der Waals surface area contributed by atoms with Gasteiger partial charge in [0.05, 0.1) is 6.21 Å². The minimum absolute atomic E-state index is 0.0186. The number of amidine groups is 1. The van der Waals surface area contributed by atoms with Crippen molar-refractivity contribution in [3.63, 3.8) is 0 Å². The van der Waals surface area contributed by atoms with Crippen LogP contribution in [-0.4, -0.2) is 28.4 Å². The highest BCUT2D eigenvalue weighted by Crippen LogP contribution is 2.23. The molecule has 2 aromatic rings. The summed E-state index contributed by atoms with van der Waals surface area (Å²) in [4.78, 5) is 24.0. The van der Waals surface area contributed by atoms with Crippen LogP contribution in [0.25, 0.3) is 0 Å². The Kier molecular flexibility index (Phi) is 5.75. The first-order valence-electron chi connectivity index (χ1n) is 7.79. The number of rotatable bonds is 5. The first-order valence-corrected chi connectivity index (χ1v) is 8.67. The van der Waals surface area contributed by atoms with E-state index in [4.69, 9.17) is 0 Å². The molecule has 1 saturated heterocycles. The van der Waals surface area contributed by atoms with Crippen LogP contribution < -0.4 is 10.6 Å². The topological polar surface area (TPSA) is 82.9 Å². The average Bonchev–Trinajstić information content (AvgIpc) is 2.97. The van der Waals surface area contributed by atoms with Gasteiger partial charge in [-0.2, -0.15) is 5.10 Å². The summed E-state index contributed by atoms with van der Waals surface area (Å²) in [5, 5.41) is 12.9. The predicted octanol–water partition coefficient (Wildman–Crippen LogP) is 2.78. The Bertz CT molecular complexity index is 853. The molecule has 1 aliphatic heterocycles. The van der Waals surface area contributed by atoms with Crippen LogP contribution in [0.5, 0.6) is 0 Å². The van der Waals surface area contributed by atoms with Gasteiger partial charge in [-0.15, -0.1) is 5.10 Å². The summed E-state index contributed by atoms with van der Waals surface area (Å²) in [6.45, 7) is 0. The summed E-state index contributed by atoms with van der Waals surface area (Å²) in [7, 11) is 0. The maximum atomic E-state index is 12.9. The average molecular weight is 370 g/mol. The SMILES string of the molecule is O=C(CC1S/C(=N/N=C\c2ccccc2)NC1=O)Nc1ccc(F)cc1. The van der Waals surface area contributed by atoms with E-state index in [0.29, 0.717) is 10.9 Å². The zero-order chi connectivity index (χ0) is 18.4. The van der Waals surface area contributed by atoms with Gasteiger partial charge in [0.1, 0.15) is 11.1 Å². The Morgan fingerprint density at radius 3 is 2.65 bits per heavy atom. The minimum atomic E-state index is -0.582. The van der Waals surface area contributed by atoms with E-state index in [1.54, 1.807) is 6.21 Å². The zero-order valence-corrected chi connectivity index (χ0v) is 14.4. The molecular weight excluding hydrogens is 355 g/mol. The summed E-state index contributed by atoms with van der Waals surface area (Å²) in [6.07, 6.45) is 1.56. The smallest absolute Gasteiger partial charge is 0.240 e. The number of halogens is 1. The molecule has 1 unspecified atom stereocenters. The number of carbonyl (C=O) groups excluding carboxylic acids is 2. The van der Waals surface area contributed by atoms with Crippen LogP contribution in [0.15, 0.2) is 64.8 Å². The first-order chi connectivity index (χ1) is 12.6. The molecule has 6 nitrogen and oxygen atoms in total. The van der Waals surface area contributed by atoms with Gasteiger partial charge in [-0.05, 0) is 29.8 Å². The minimum Gasteiger partial charge on any atom is -0.326 e. The van der Waals surface area contributed by atoms with E-state index in [9.17, 15) is 14.0 Å². The van der Waals surface area contributed by atoms with Gasteiger partial charge >= 0.3 is 0 Å². The first kappa shape index (κ1) is 17.8. The summed E-state index contributed by atoms with van der Waals surface area (Å²) >= 11 is 1.15. The molecule has 1 fully saturated rings. The quantitative estimate of drug-likeness (QED) is 0.627. The van der Waals surface area contributed by atoms with Crippen molar-refractivity contribution in [1.82, 2.24) is 5.32 Å². The third kappa shape index (κ3) is 5.00. The van der Waals surface area contributed by atoms with E-state index in [0.717, 1.165) is 17.3 Å². The lowest BCUT2D eigenvalue weighted by molar-refractivity contribution is -0.122. The summed E-state index contributed by atoms with van der Waals surface area (Å²) in [5.74, 6) is -1.01. The van der Waals surface area contributed by atoms with Gasteiger partial charge in [0.2, 0.25) is 11.8 Å². The van der Waals surface area contributed by atoms with Crippen molar-refractivity contribution >= 4 is 40.6 Å². The number of thioether (sulfide) groups is 1. The van der Waals surface area contributed by atoms with Crippen LogP contribution in [-0.2, 0) is 9.59 Å². The molecular formula is C18H15FN4O2S. The van der Waals surface area contributed by atoms with Gasteiger partial charge in [0.15, 0.2) is 5.17 Å². The second kappa shape index (κ2) is 8.39. The standard InChI is InChI=1S/C18H15FN4O2S/c19-13-6-8-14(9-7-13)21-16(24)10-15-17(25)22-18(26-15)23-20-11-12-4-2-1-3-5-12/h1-9,11,15H,10H2,(H,21,24)(H,22,23,25)/b20-11-. The lowest BCUT2D eigenvalue weighted by Gasteiger charge is -2.07. The number of carbonyl (C=O) groups is 2. The Labute approximate surface area is 153 Å². The molecule has 2 N–H and O–H groups in total. The van der Waals surface area contributed by atoms with E-state index in [1.165, 1.54) is 24.3 Å². The van der Waals surface area contributed by atoms with Crippen LogP contribution >= 0.6 is 11.8 Å². The number of nitrogens with one attached hydrogen (secondary N) is 2. The van der Waals surface area contributed by atoms with Crippen LogP contribution in [0.2, 0.25) is 0 Å². The summed E-state index contributed by atoms with van der Waals surface area (Å²) < 4.78 is 12.9. The molecule has 0 aliphatic carbocycles. The number of nitrogens with zero attached hydrogens (tertiary/aromatic N) is 2. The molecule has 0 radical (unpaired) electrons. The molecule has 132 valence electrons. The molecule has 0 aromatic heterocycles. The fraction of sp³-hybridized carbons (Fsp3) is 0.111. The molecule has 2 aromatic carbocycles. The van der Waals surface area contributed by atoms with Crippen LogP contribution in [0.4, 0.5) is 10.1 Å². The highest BCUT2D eigenvalue weighted by molar-refractivity contribution is 8.15. The van der Waals surface area contributed by atoms with Gasteiger partial charge in [-0.25, -0.2) is 4.39 Å². The fourth-order valence-corrected chi connectivity index (χ4v) is 3.11. The lowest BCUT2D eigenvalue weighted by atomic mass is 10.2. The van der Waals surface area contributed by atoms with E-state index in [2.05, 4.69) is 20.8 Å².